The molecule has 0 bridgehead atoms. The first-order chi connectivity index (χ1) is 10.0. The molecular weight excluding hydrogens is 266 g/mol. The molecular formula is C16H25N3O2. The summed E-state index contributed by atoms with van der Waals surface area (Å²) in [5.74, 6) is 0.970. The van der Waals surface area contributed by atoms with Crippen molar-refractivity contribution in [2.75, 3.05) is 33.8 Å². The van der Waals surface area contributed by atoms with Gasteiger partial charge in [0, 0.05) is 31.7 Å². The van der Waals surface area contributed by atoms with E-state index in [1.807, 2.05) is 38.2 Å². The van der Waals surface area contributed by atoms with Crippen molar-refractivity contribution < 1.29 is 9.53 Å². The third-order valence-corrected chi connectivity index (χ3v) is 4.05. The summed E-state index contributed by atoms with van der Waals surface area (Å²) in [5, 5.41) is 0. The molecule has 1 heterocycles. The Bertz CT molecular complexity index is 490. The zero-order valence-electron chi connectivity index (χ0n) is 13.1. The van der Waals surface area contributed by atoms with Gasteiger partial charge < -0.3 is 15.4 Å². The van der Waals surface area contributed by atoms with E-state index in [4.69, 9.17) is 10.5 Å². The van der Waals surface area contributed by atoms with Gasteiger partial charge in [-0.1, -0.05) is 18.2 Å². The van der Waals surface area contributed by atoms with Crippen molar-refractivity contribution in [3.63, 3.8) is 0 Å². The Morgan fingerprint density at radius 1 is 1.29 bits per heavy atom. The zero-order valence-corrected chi connectivity index (χ0v) is 13.1. The maximum Gasteiger partial charge on any atom is 0.236 e. The van der Waals surface area contributed by atoms with Crippen LogP contribution in [0.25, 0.3) is 0 Å². The second-order valence-electron chi connectivity index (χ2n) is 5.69. The van der Waals surface area contributed by atoms with Gasteiger partial charge in [-0.2, -0.15) is 0 Å². The van der Waals surface area contributed by atoms with Gasteiger partial charge in [0.25, 0.3) is 0 Å². The van der Waals surface area contributed by atoms with E-state index in [-0.39, 0.29) is 18.0 Å². The highest BCUT2D eigenvalue weighted by Gasteiger charge is 2.30. The maximum absolute atomic E-state index is 12.1. The number of nitrogens with two attached hydrogens (primary N) is 1. The first-order valence-electron chi connectivity index (χ1n) is 7.41. The van der Waals surface area contributed by atoms with Crippen LogP contribution in [0.15, 0.2) is 24.3 Å². The van der Waals surface area contributed by atoms with E-state index in [2.05, 4.69) is 4.90 Å². The highest BCUT2D eigenvalue weighted by atomic mass is 16.5. The first kappa shape index (κ1) is 15.8. The van der Waals surface area contributed by atoms with Gasteiger partial charge in [0.1, 0.15) is 5.75 Å². The average molecular weight is 291 g/mol. The van der Waals surface area contributed by atoms with Crippen LogP contribution in [0, 0.1) is 0 Å². The largest absolute Gasteiger partial charge is 0.496 e. The normalized spacial score (nSPS) is 20.0. The fourth-order valence-corrected chi connectivity index (χ4v) is 2.97. The van der Waals surface area contributed by atoms with E-state index in [0.29, 0.717) is 6.54 Å². The van der Waals surface area contributed by atoms with Crippen molar-refractivity contribution in [3.8, 4) is 5.75 Å². The molecule has 5 heteroatoms. The molecule has 1 fully saturated rings. The van der Waals surface area contributed by atoms with Gasteiger partial charge in [-0.15, -0.1) is 0 Å². The Morgan fingerprint density at radius 3 is 2.67 bits per heavy atom. The van der Waals surface area contributed by atoms with Crippen LogP contribution in [0.1, 0.15) is 24.9 Å². The molecule has 0 aromatic heterocycles. The Hall–Kier alpha value is -1.59. The quantitative estimate of drug-likeness (QED) is 0.907. The second-order valence-corrected chi connectivity index (χ2v) is 5.69. The van der Waals surface area contributed by atoms with Gasteiger partial charge in [0.15, 0.2) is 0 Å². The summed E-state index contributed by atoms with van der Waals surface area (Å²) in [6.45, 7) is 4.05. The molecule has 1 aliphatic heterocycles. The van der Waals surface area contributed by atoms with Gasteiger partial charge in [-0.05, 0) is 19.4 Å². The molecule has 2 atom stereocenters. The third kappa shape index (κ3) is 3.54. The summed E-state index contributed by atoms with van der Waals surface area (Å²) < 4.78 is 5.47. The highest BCUT2D eigenvalue weighted by molar-refractivity contribution is 5.78. The van der Waals surface area contributed by atoms with Crippen molar-refractivity contribution >= 4 is 5.91 Å². The molecule has 1 aromatic carbocycles. The molecule has 0 radical (unpaired) electrons. The molecule has 1 aromatic rings. The predicted octanol–water partition coefficient (Wildman–Crippen LogP) is 1.25. The summed E-state index contributed by atoms with van der Waals surface area (Å²) in [7, 11) is 3.52. The monoisotopic (exact) mass is 291 g/mol. The minimum absolute atomic E-state index is 0.0170. The first-order valence-corrected chi connectivity index (χ1v) is 7.41. The van der Waals surface area contributed by atoms with Gasteiger partial charge in [-0.25, -0.2) is 0 Å². The molecule has 1 amide bonds. The number of hydrogen-bond acceptors (Lipinski definition) is 4. The van der Waals surface area contributed by atoms with E-state index in [0.717, 1.165) is 30.8 Å². The lowest BCUT2D eigenvalue weighted by Crippen LogP contribution is -2.43. The summed E-state index contributed by atoms with van der Waals surface area (Å²) in [4.78, 5) is 16.1. The summed E-state index contributed by atoms with van der Waals surface area (Å²) in [5.41, 5.74) is 7.28. The molecule has 116 valence electrons. The average Bonchev–Trinajstić information content (AvgIpc) is 2.62. The van der Waals surface area contributed by atoms with Crippen LogP contribution in [-0.4, -0.2) is 55.5 Å². The minimum Gasteiger partial charge on any atom is -0.496 e. The number of methoxy groups -OCH3 is 1. The predicted molar refractivity (Wildman–Crippen MR) is 83.2 cm³/mol. The number of carbonyl (C=O) groups is 1. The summed E-state index contributed by atoms with van der Waals surface area (Å²) in [6, 6.07) is 7.80. The summed E-state index contributed by atoms with van der Waals surface area (Å²) in [6.07, 6.45) is 0.959. The molecule has 21 heavy (non-hydrogen) atoms. The van der Waals surface area contributed by atoms with Gasteiger partial charge in [-0.3, -0.25) is 9.69 Å². The number of likely N-dealkylation sites (N-methyl/N-ethyl adjacent to an activating group) is 1. The van der Waals surface area contributed by atoms with E-state index in [1.165, 1.54) is 0 Å². The zero-order chi connectivity index (χ0) is 15.4. The Morgan fingerprint density at radius 2 is 2.00 bits per heavy atom. The van der Waals surface area contributed by atoms with Crippen LogP contribution in [-0.2, 0) is 4.79 Å². The number of nitrogens with zero attached hydrogens (tertiary/aromatic N) is 2. The van der Waals surface area contributed by atoms with E-state index >= 15 is 0 Å². The second kappa shape index (κ2) is 6.91. The number of rotatable bonds is 4. The van der Waals surface area contributed by atoms with Crippen LogP contribution >= 0.6 is 0 Å². The Labute approximate surface area is 126 Å². The van der Waals surface area contributed by atoms with Crippen molar-refractivity contribution in [1.29, 1.82) is 0 Å². The van der Waals surface area contributed by atoms with Crippen LogP contribution in [0.5, 0.6) is 5.75 Å². The van der Waals surface area contributed by atoms with Crippen LogP contribution in [0.2, 0.25) is 0 Å². The van der Waals surface area contributed by atoms with E-state index in [9.17, 15) is 4.79 Å². The van der Waals surface area contributed by atoms with Crippen molar-refractivity contribution in [2.45, 2.75) is 25.4 Å². The molecule has 2 N–H and O–H groups in total. The third-order valence-electron chi connectivity index (χ3n) is 4.05. The van der Waals surface area contributed by atoms with Crippen LogP contribution in [0.4, 0.5) is 0 Å². The van der Waals surface area contributed by atoms with Crippen molar-refractivity contribution in [2.24, 2.45) is 5.73 Å². The van der Waals surface area contributed by atoms with Crippen molar-refractivity contribution in [3.05, 3.63) is 29.8 Å². The topological polar surface area (TPSA) is 58.8 Å². The number of amides is 1. The molecule has 0 aliphatic carbocycles. The van der Waals surface area contributed by atoms with Crippen molar-refractivity contribution in [1.82, 2.24) is 9.80 Å². The fraction of sp³-hybridized carbons (Fsp3) is 0.562. The highest BCUT2D eigenvalue weighted by Crippen LogP contribution is 2.31. The van der Waals surface area contributed by atoms with E-state index in [1.54, 1.807) is 12.0 Å². The SMILES string of the molecule is COc1ccccc1C(C(C)N)N1CCCN(C)C(=O)C1. The number of benzene rings is 1. The Kier molecular flexibility index (Phi) is 5.20. The molecule has 2 unspecified atom stereocenters. The lowest BCUT2D eigenvalue weighted by atomic mass is 9.98. The molecule has 2 rings (SSSR count). The van der Waals surface area contributed by atoms with Crippen LogP contribution in [0.3, 0.4) is 0 Å². The number of carbonyl (C=O) groups excluding carboxylic acids is 1. The number of hydrogen-bond donors (Lipinski definition) is 1. The van der Waals surface area contributed by atoms with E-state index < -0.39 is 0 Å². The maximum atomic E-state index is 12.1. The molecule has 0 spiro atoms. The van der Waals surface area contributed by atoms with Crippen LogP contribution < -0.4 is 10.5 Å². The fourth-order valence-electron chi connectivity index (χ4n) is 2.97. The molecule has 1 aliphatic rings. The Balaban J connectivity index is 2.32. The smallest absolute Gasteiger partial charge is 0.236 e. The standard InChI is InChI=1S/C16H25N3O2/c1-12(17)16(13-7-4-5-8-14(13)21-3)19-10-6-9-18(2)15(20)11-19/h4-5,7-8,12,16H,6,9-11,17H2,1-3H3. The van der Waals surface area contributed by atoms with Gasteiger partial charge >= 0.3 is 0 Å². The number of para-hydroxylation sites is 1. The molecule has 5 nitrogen and oxygen atoms in total. The molecule has 1 saturated heterocycles. The lowest BCUT2D eigenvalue weighted by molar-refractivity contribution is -0.130. The van der Waals surface area contributed by atoms with Gasteiger partial charge in [0.05, 0.1) is 19.7 Å². The number of ether oxygens (including phenoxy) is 1. The summed E-state index contributed by atoms with van der Waals surface area (Å²) >= 11 is 0. The minimum atomic E-state index is -0.0856. The lowest BCUT2D eigenvalue weighted by Gasteiger charge is -2.33. The van der Waals surface area contributed by atoms with Gasteiger partial charge in [0.2, 0.25) is 5.91 Å². The molecule has 0 saturated carbocycles.